The topological polar surface area (TPSA) is 111 Å². The Morgan fingerprint density at radius 2 is 1.78 bits per heavy atom. The fourth-order valence-electron chi connectivity index (χ4n) is 4.01. The number of rotatable bonds is 8. The van der Waals surface area contributed by atoms with Crippen LogP contribution in [0.1, 0.15) is 37.5 Å². The molecule has 0 saturated carbocycles. The highest BCUT2D eigenvalue weighted by Crippen LogP contribution is 2.39. The van der Waals surface area contributed by atoms with Gasteiger partial charge in [0.05, 0.1) is 11.9 Å². The summed E-state index contributed by atoms with van der Waals surface area (Å²) in [6, 6.07) is 13.2. The van der Waals surface area contributed by atoms with Crippen LogP contribution in [0.5, 0.6) is 0 Å². The Labute approximate surface area is 224 Å². The van der Waals surface area contributed by atoms with Gasteiger partial charge in [-0.15, -0.1) is 11.8 Å². The van der Waals surface area contributed by atoms with E-state index in [1.807, 2.05) is 69.3 Å². The summed E-state index contributed by atoms with van der Waals surface area (Å²) in [6.45, 7) is 8.01. The summed E-state index contributed by atoms with van der Waals surface area (Å²) in [5.74, 6) is -0.597. The van der Waals surface area contributed by atoms with Crippen molar-refractivity contribution in [2.24, 2.45) is 0 Å². The molecule has 1 aliphatic heterocycles. The molecular weight excluding hydrogens is 544 g/mol. The molecule has 0 unspecified atom stereocenters. The van der Waals surface area contributed by atoms with Gasteiger partial charge in [0.2, 0.25) is 5.91 Å². The third-order valence-electron chi connectivity index (χ3n) is 6.24. The van der Waals surface area contributed by atoms with Crippen LogP contribution in [-0.4, -0.2) is 56.7 Å². The third kappa shape index (κ3) is 7.02. The molecule has 1 fully saturated rings. The average Bonchev–Trinajstić information content (AvgIpc) is 3.16. The van der Waals surface area contributed by atoms with E-state index in [0.29, 0.717) is 13.1 Å². The van der Waals surface area contributed by atoms with E-state index in [-0.39, 0.29) is 11.8 Å². The number of amides is 4. The normalized spacial score (nSPS) is 18.3. The Balaban J connectivity index is 1.58. The van der Waals surface area contributed by atoms with Crippen molar-refractivity contribution in [1.82, 2.24) is 20.9 Å². The van der Waals surface area contributed by atoms with E-state index in [4.69, 9.17) is 0 Å². The Bertz CT molecular complexity index is 1100. The second-order valence-corrected chi connectivity index (χ2v) is 11.9. The third-order valence-corrected chi connectivity index (χ3v) is 8.15. The van der Waals surface area contributed by atoms with Crippen molar-refractivity contribution in [2.45, 2.75) is 63.7 Å². The van der Waals surface area contributed by atoms with E-state index in [1.165, 1.54) is 16.7 Å². The molecule has 36 heavy (non-hydrogen) atoms. The number of thioether (sulfide) groups is 1. The van der Waals surface area contributed by atoms with Crippen LogP contribution in [0.3, 0.4) is 0 Å². The van der Waals surface area contributed by atoms with Gasteiger partial charge in [-0.1, -0.05) is 52.3 Å². The minimum Gasteiger partial charge on any atom is -0.381 e. The van der Waals surface area contributed by atoms with Gasteiger partial charge in [0, 0.05) is 22.3 Å². The molecule has 194 valence electrons. The lowest BCUT2D eigenvalue weighted by Crippen LogP contribution is -2.58. The predicted octanol–water partition coefficient (Wildman–Crippen LogP) is 3.30. The molecule has 2 aromatic rings. The lowest BCUT2D eigenvalue weighted by molar-refractivity contribution is -0.147. The number of nitrogens with zero attached hydrogens (tertiary/aromatic N) is 1. The number of aliphatic hydroxyl groups is 1. The van der Waals surface area contributed by atoms with Crippen LogP contribution in [0, 0.1) is 6.92 Å². The fraction of sp³-hybridized carbons (Fsp3) is 0.423. The summed E-state index contributed by atoms with van der Waals surface area (Å²) in [6.07, 6.45) is -1.50. The van der Waals surface area contributed by atoms with Crippen molar-refractivity contribution < 1.29 is 19.5 Å². The first kappa shape index (κ1) is 28.0. The Hall–Kier alpha value is -2.56. The largest absolute Gasteiger partial charge is 0.381 e. The first-order valence-electron chi connectivity index (χ1n) is 11.7. The van der Waals surface area contributed by atoms with Crippen molar-refractivity contribution in [2.75, 3.05) is 5.88 Å². The molecule has 0 aliphatic carbocycles. The zero-order valence-electron chi connectivity index (χ0n) is 20.9. The fourth-order valence-corrected chi connectivity index (χ4v) is 5.41. The zero-order chi connectivity index (χ0) is 26.5. The molecule has 0 bridgehead atoms. The van der Waals surface area contributed by atoms with Crippen LogP contribution >= 0.6 is 27.7 Å². The number of urea groups is 1. The standard InChI is InChI=1S/C26H33BrN4O4S/c1-16-7-5-6-8-19(16)14-28-23(33)22-26(3,4)36-15-31(22)24(34)21(32)17(2)30-25(35)29-13-18-9-11-20(27)12-10-18/h5-12,17,21-22,32H,13-15H2,1-4H3,(H,28,33)(H2,29,30,35)/t17-,21-,22+/m0/s1. The molecule has 2 aromatic carbocycles. The van der Waals surface area contributed by atoms with Crippen molar-refractivity contribution in [3.8, 4) is 0 Å². The van der Waals surface area contributed by atoms with Gasteiger partial charge < -0.3 is 26.0 Å². The molecule has 1 aliphatic rings. The number of carbonyl (C=O) groups is 3. The highest BCUT2D eigenvalue weighted by molar-refractivity contribution is 9.10. The van der Waals surface area contributed by atoms with Crippen LogP contribution in [0.4, 0.5) is 4.79 Å². The lowest BCUT2D eigenvalue weighted by atomic mass is 9.99. The molecule has 0 aromatic heterocycles. The van der Waals surface area contributed by atoms with E-state index in [0.717, 1.165) is 21.2 Å². The lowest BCUT2D eigenvalue weighted by Gasteiger charge is -2.32. The molecule has 3 atom stereocenters. The van der Waals surface area contributed by atoms with E-state index in [1.54, 1.807) is 6.92 Å². The van der Waals surface area contributed by atoms with Gasteiger partial charge >= 0.3 is 6.03 Å². The van der Waals surface area contributed by atoms with Crippen LogP contribution < -0.4 is 16.0 Å². The number of halogens is 1. The van der Waals surface area contributed by atoms with Crippen molar-refractivity contribution in [3.63, 3.8) is 0 Å². The number of aliphatic hydroxyl groups excluding tert-OH is 1. The highest BCUT2D eigenvalue weighted by Gasteiger charge is 2.49. The van der Waals surface area contributed by atoms with Gasteiger partial charge in [0.25, 0.3) is 5.91 Å². The Morgan fingerprint density at radius 3 is 2.44 bits per heavy atom. The van der Waals surface area contributed by atoms with E-state index >= 15 is 0 Å². The van der Waals surface area contributed by atoms with Gasteiger partial charge in [-0.3, -0.25) is 9.59 Å². The van der Waals surface area contributed by atoms with Crippen molar-refractivity contribution in [3.05, 3.63) is 69.7 Å². The van der Waals surface area contributed by atoms with Gasteiger partial charge in [-0.05, 0) is 56.5 Å². The number of aryl methyl sites for hydroxylation is 1. The van der Waals surface area contributed by atoms with Crippen LogP contribution in [0.15, 0.2) is 53.0 Å². The van der Waals surface area contributed by atoms with Crippen LogP contribution in [0.25, 0.3) is 0 Å². The van der Waals surface area contributed by atoms with Crippen molar-refractivity contribution >= 4 is 45.5 Å². The number of nitrogens with one attached hydrogen (secondary N) is 3. The number of hydrogen-bond donors (Lipinski definition) is 4. The summed E-state index contributed by atoms with van der Waals surface area (Å²) in [7, 11) is 0. The van der Waals surface area contributed by atoms with E-state index in [2.05, 4.69) is 31.9 Å². The number of hydrogen-bond acceptors (Lipinski definition) is 5. The summed E-state index contributed by atoms with van der Waals surface area (Å²) in [5.41, 5.74) is 2.98. The highest BCUT2D eigenvalue weighted by atomic mass is 79.9. The molecule has 1 heterocycles. The number of carbonyl (C=O) groups excluding carboxylic acids is 3. The van der Waals surface area contributed by atoms with Gasteiger partial charge in [-0.2, -0.15) is 0 Å². The maximum absolute atomic E-state index is 13.2. The molecular formula is C26H33BrN4O4S. The van der Waals surface area contributed by atoms with Gasteiger partial charge in [-0.25, -0.2) is 4.79 Å². The SMILES string of the molecule is Cc1ccccc1CNC(=O)[C@H]1N(C(=O)[C@@H](O)[C@H](C)NC(=O)NCc2ccc(Br)cc2)CSC1(C)C. The quantitative estimate of drug-likeness (QED) is 0.385. The number of benzene rings is 2. The summed E-state index contributed by atoms with van der Waals surface area (Å²) in [4.78, 5) is 40.1. The first-order chi connectivity index (χ1) is 17.0. The average molecular weight is 578 g/mol. The molecule has 0 spiro atoms. The minimum atomic E-state index is -1.50. The summed E-state index contributed by atoms with van der Waals surface area (Å²) >= 11 is 4.84. The van der Waals surface area contributed by atoms with Crippen LogP contribution in [-0.2, 0) is 22.7 Å². The van der Waals surface area contributed by atoms with Gasteiger partial charge in [0.1, 0.15) is 6.04 Å². The maximum atomic E-state index is 13.2. The Morgan fingerprint density at radius 1 is 1.11 bits per heavy atom. The van der Waals surface area contributed by atoms with Crippen LogP contribution in [0.2, 0.25) is 0 Å². The summed E-state index contributed by atoms with van der Waals surface area (Å²) in [5, 5.41) is 19.0. The summed E-state index contributed by atoms with van der Waals surface area (Å²) < 4.78 is 0.403. The molecule has 1 saturated heterocycles. The van der Waals surface area contributed by atoms with Gasteiger partial charge in [0.15, 0.2) is 6.10 Å². The second-order valence-electron chi connectivity index (χ2n) is 9.42. The Kier molecular flexibility index (Phi) is 9.43. The molecule has 4 N–H and O–H groups in total. The molecule has 3 rings (SSSR count). The molecule has 10 heteroatoms. The minimum absolute atomic E-state index is 0.272. The smallest absolute Gasteiger partial charge is 0.315 e. The monoisotopic (exact) mass is 576 g/mol. The van der Waals surface area contributed by atoms with E-state index < -0.39 is 34.9 Å². The molecule has 0 radical (unpaired) electrons. The molecule has 4 amide bonds. The molecule has 8 nitrogen and oxygen atoms in total. The maximum Gasteiger partial charge on any atom is 0.315 e. The predicted molar refractivity (Wildman–Crippen MR) is 145 cm³/mol. The first-order valence-corrected chi connectivity index (χ1v) is 13.5. The second kappa shape index (κ2) is 12.1. The van der Waals surface area contributed by atoms with Crippen molar-refractivity contribution in [1.29, 1.82) is 0 Å². The zero-order valence-corrected chi connectivity index (χ0v) is 23.3. The van der Waals surface area contributed by atoms with E-state index in [9.17, 15) is 19.5 Å².